The Morgan fingerprint density at radius 2 is 2.06 bits per heavy atom. The molecule has 96 valence electrons. The maximum Gasteiger partial charge on any atom is 0.123 e. The highest BCUT2D eigenvalue weighted by atomic mass is 35.5. The molecule has 0 saturated carbocycles. The van der Waals surface area contributed by atoms with Crippen molar-refractivity contribution in [2.75, 3.05) is 20.2 Å². The predicted molar refractivity (Wildman–Crippen MR) is 69.1 cm³/mol. The average Bonchev–Trinajstić information content (AvgIpc) is 2.33. The first-order valence-electron chi connectivity index (χ1n) is 5.77. The summed E-state index contributed by atoms with van der Waals surface area (Å²) in [6.45, 7) is 2.01. The molecule has 0 aliphatic carbocycles. The third kappa shape index (κ3) is 3.95. The van der Waals surface area contributed by atoms with Crippen LogP contribution in [0, 0.1) is 11.7 Å². The van der Waals surface area contributed by atoms with Crippen molar-refractivity contribution < 1.29 is 9.13 Å². The Morgan fingerprint density at radius 3 is 2.71 bits per heavy atom. The van der Waals surface area contributed by atoms with Crippen molar-refractivity contribution in [3.8, 4) is 0 Å². The van der Waals surface area contributed by atoms with Gasteiger partial charge in [0.25, 0.3) is 0 Å². The highest BCUT2D eigenvalue weighted by Gasteiger charge is 2.24. The zero-order chi connectivity index (χ0) is 11.4. The number of ether oxygens (including phenoxy) is 1. The second kappa shape index (κ2) is 6.94. The summed E-state index contributed by atoms with van der Waals surface area (Å²) in [5.41, 5.74) is 1.18. The summed E-state index contributed by atoms with van der Waals surface area (Å²) in [4.78, 5) is 0. The van der Waals surface area contributed by atoms with Crippen molar-refractivity contribution in [2.24, 2.45) is 5.92 Å². The first-order chi connectivity index (χ1) is 7.79. The summed E-state index contributed by atoms with van der Waals surface area (Å²) in [5.74, 6) is 0.318. The van der Waals surface area contributed by atoms with Crippen LogP contribution in [0.25, 0.3) is 0 Å². The number of rotatable bonds is 3. The smallest absolute Gasteiger partial charge is 0.123 e. The van der Waals surface area contributed by atoms with Crippen LogP contribution in [0.3, 0.4) is 0 Å². The molecule has 2 rings (SSSR count). The summed E-state index contributed by atoms with van der Waals surface area (Å²) in [6.07, 6.45) is 2.33. The zero-order valence-corrected chi connectivity index (χ0v) is 10.8. The van der Waals surface area contributed by atoms with Crippen LogP contribution in [0.5, 0.6) is 0 Å². The van der Waals surface area contributed by atoms with Crippen LogP contribution in [-0.4, -0.2) is 26.3 Å². The highest BCUT2D eigenvalue weighted by molar-refractivity contribution is 5.85. The Balaban J connectivity index is 0.00000144. The van der Waals surface area contributed by atoms with Gasteiger partial charge in [-0.2, -0.15) is 0 Å². The second-order valence-corrected chi connectivity index (χ2v) is 4.36. The summed E-state index contributed by atoms with van der Waals surface area (Å²) in [5, 5.41) is 3.38. The summed E-state index contributed by atoms with van der Waals surface area (Å²) in [7, 11) is 1.77. The first kappa shape index (κ1) is 14.4. The lowest BCUT2D eigenvalue weighted by Gasteiger charge is -2.31. The molecule has 1 aliphatic heterocycles. The molecule has 0 bridgehead atoms. The topological polar surface area (TPSA) is 21.3 Å². The largest absolute Gasteiger partial charge is 0.381 e. The molecular weight excluding hydrogens is 241 g/mol. The van der Waals surface area contributed by atoms with Gasteiger partial charge in [-0.25, -0.2) is 4.39 Å². The maximum atomic E-state index is 12.8. The van der Waals surface area contributed by atoms with Gasteiger partial charge >= 0.3 is 0 Å². The molecule has 4 heteroatoms. The van der Waals surface area contributed by atoms with E-state index in [0.717, 1.165) is 25.9 Å². The minimum Gasteiger partial charge on any atom is -0.381 e. The summed E-state index contributed by atoms with van der Waals surface area (Å²) >= 11 is 0. The van der Waals surface area contributed by atoms with Crippen LogP contribution in [0.15, 0.2) is 24.3 Å². The van der Waals surface area contributed by atoms with E-state index < -0.39 is 0 Å². The van der Waals surface area contributed by atoms with Crippen molar-refractivity contribution >= 4 is 12.4 Å². The van der Waals surface area contributed by atoms with Crippen molar-refractivity contribution in [1.82, 2.24) is 5.32 Å². The van der Waals surface area contributed by atoms with Crippen molar-refractivity contribution in [1.29, 1.82) is 0 Å². The Morgan fingerprint density at radius 1 is 1.35 bits per heavy atom. The van der Waals surface area contributed by atoms with Gasteiger partial charge in [0.2, 0.25) is 0 Å². The third-order valence-corrected chi connectivity index (χ3v) is 3.25. The fourth-order valence-corrected chi connectivity index (χ4v) is 2.34. The standard InChI is InChI=1S/C13H18FNO.ClH/c1-16-13-6-7-15-9-11(13)8-10-2-4-12(14)5-3-10;/h2-5,11,13,15H,6-9H2,1H3;1H/t11-,13-;/m1./s1. The van der Waals surface area contributed by atoms with E-state index in [-0.39, 0.29) is 18.2 Å². The molecular formula is C13H19ClFNO. The molecule has 0 spiro atoms. The normalized spacial score (nSPS) is 24.1. The number of hydrogen-bond acceptors (Lipinski definition) is 2. The molecule has 1 aromatic rings. The molecule has 1 fully saturated rings. The Bertz CT molecular complexity index is 331. The number of nitrogens with one attached hydrogen (secondary N) is 1. The number of piperidine rings is 1. The van der Waals surface area contributed by atoms with E-state index in [9.17, 15) is 4.39 Å². The van der Waals surface area contributed by atoms with Gasteiger partial charge in [-0.1, -0.05) is 12.1 Å². The van der Waals surface area contributed by atoms with E-state index in [1.54, 1.807) is 7.11 Å². The lowest BCUT2D eigenvalue weighted by Crippen LogP contribution is -2.41. The van der Waals surface area contributed by atoms with Crippen molar-refractivity contribution in [3.05, 3.63) is 35.6 Å². The molecule has 17 heavy (non-hydrogen) atoms. The van der Waals surface area contributed by atoms with Gasteiger partial charge in [0.15, 0.2) is 0 Å². The molecule has 2 nitrogen and oxygen atoms in total. The Kier molecular flexibility index (Phi) is 5.89. The molecule has 0 amide bonds. The fourth-order valence-electron chi connectivity index (χ4n) is 2.34. The van der Waals surface area contributed by atoms with E-state index in [4.69, 9.17) is 4.74 Å². The Labute approximate surface area is 108 Å². The van der Waals surface area contributed by atoms with Gasteiger partial charge in [-0.3, -0.25) is 0 Å². The van der Waals surface area contributed by atoms with Gasteiger partial charge < -0.3 is 10.1 Å². The molecule has 0 radical (unpaired) electrons. The zero-order valence-electron chi connectivity index (χ0n) is 9.99. The van der Waals surface area contributed by atoms with Gasteiger partial charge in [0.05, 0.1) is 6.10 Å². The van der Waals surface area contributed by atoms with Crippen LogP contribution in [-0.2, 0) is 11.2 Å². The molecule has 1 saturated heterocycles. The lowest BCUT2D eigenvalue weighted by atomic mass is 9.89. The molecule has 2 atom stereocenters. The van der Waals surface area contributed by atoms with Crippen molar-refractivity contribution in [3.63, 3.8) is 0 Å². The first-order valence-corrected chi connectivity index (χ1v) is 5.77. The van der Waals surface area contributed by atoms with Crippen LogP contribution in [0.4, 0.5) is 4.39 Å². The minimum absolute atomic E-state index is 0. The molecule has 1 heterocycles. The van der Waals surface area contributed by atoms with Crippen LogP contribution in [0.2, 0.25) is 0 Å². The molecule has 1 N–H and O–H groups in total. The van der Waals surface area contributed by atoms with Crippen LogP contribution >= 0.6 is 12.4 Å². The summed E-state index contributed by atoms with van der Waals surface area (Å²) in [6, 6.07) is 6.76. The molecule has 1 aliphatic rings. The van der Waals surface area contributed by atoms with E-state index in [0.29, 0.717) is 12.0 Å². The highest BCUT2D eigenvalue weighted by Crippen LogP contribution is 2.19. The van der Waals surface area contributed by atoms with Crippen molar-refractivity contribution in [2.45, 2.75) is 18.9 Å². The SMILES string of the molecule is CO[C@@H]1CCNC[C@H]1Cc1ccc(F)cc1.Cl. The van der Waals surface area contributed by atoms with E-state index in [1.807, 2.05) is 12.1 Å². The van der Waals surface area contributed by atoms with Gasteiger partial charge in [0, 0.05) is 19.6 Å². The van der Waals surface area contributed by atoms with E-state index in [2.05, 4.69) is 5.32 Å². The van der Waals surface area contributed by atoms with E-state index >= 15 is 0 Å². The number of hydrogen-bond donors (Lipinski definition) is 1. The Hall–Kier alpha value is -0.640. The molecule has 1 aromatic carbocycles. The van der Waals surface area contributed by atoms with Gasteiger partial charge in [0.1, 0.15) is 5.82 Å². The number of benzene rings is 1. The molecule has 0 unspecified atom stereocenters. The molecule has 0 aromatic heterocycles. The third-order valence-electron chi connectivity index (χ3n) is 3.25. The lowest BCUT2D eigenvalue weighted by molar-refractivity contribution is 0.0311. The summed E-state index contributed by atoms with van der Waals surface area (Å²) < 4.78 is 18.3. The van der Waals surface area contributed by atoms with E-state index in [1.165, 1.54) is 17.7 Å². The number of methoxy groups -OCH3 is 1. The fraction of sp³-hybridized carbons (Fsp3) is 0.538. The second-order valence-electron chi connectivity index (χ2n) is 4.36. The quantitative estimate of drug-likeness (QED) is 0.900. The van der Waals surface area contributed by atoms with Crippen LogP contribution in [0.1, 0.15) is 12.0 Å². The minimum atomic E-state index is -0.172. The average molecular weight is 260 g/mol. The van der Waals surface area contributed by atoms with Crippen LogP contribution < -0.4 is 5.32 Å². The maximum absolute atomic E-state index is 12.8. The number of halogens is 2. The van der Waals surface area contributed by atoms with Gasteiger partial charge in [-0.15, -0.1) is 12.4 Å². The predicted octanol–water partition coefficient (Wildman–Crippen LogP) is 2.41. The monoisotopic (exact) mass is 259 g/mol. The van der Waals surface area contributed by atoms with Gasteiger partial charge in [-0.05, 0) is 37.1 Å².